The maximum absolute atomic E-state index is 9.76. The molecule has 0 saturated carbocycles. The number of fused-ring (bicyclic) bond motifs is 8. The van der Waals surface area contributed by atoms with Crippen LogP contribution in [0, 0.1) is 0 Å². The zero-order valence-electron chi connectivity index (χ0n) is 33.9. The minimum Gasteiger partial charge on any atom is -0.455 e. The first kappa shape index (κ1) is 18.7. The van der Waals surface area contributed by atoms with Gasteiger partial charge in [0.15, 0.2) is 0 Å². The van der Waals surface area contributed by atoms with E-state index in [-0.39, 0.29) is 62.4 Å². The van der Waals surface area contributed by atoms with E-state index in [1.807, 2.05) is 60.7 Å². The van der Waals surface area contributed by atoms with Crippen LogP contribution in [0.4, 0.5) is 0 Å². The van der Waals surface area contributed by atoms with Crippen LogP contribution in [0.3, 0.4) is 0 Å². The van der Waals surface area contributed by atoms with Crippen LogP contribution in [0.25, 0.3) is 98.4 Å². The standard InChI is InChI=1S/C46H28O/c1-3-16-34-29(11-1)13-10-22-35(34)31-14-9-15-32(27-31)44-37-18-5-7-20-39(37)45(40-21-8-6-19-38(40)44)33-24-26-43-42(28-33)41-25-23-30-12-2-4-17-36(30)46(41)47-43/h1-28H/i2D,4D,12D,17D,23D,24D,25D,26D,28D. The lowest BCUT2D eigenvalue weighted by Crippen LogP contribution is -1.91. The summed E-state index contributed by atoms with van der Waals surface area (Å²) in [6.45, 7) is 0. The van der Waals surface area contributed by atoms with Crippen molar-refractivity contribution in [2.45, 2.75) is 0 Å². The smallest absolute Gasteiger partial charge is 0.143 e. The Morgan fingerprint density at radius 1 is 0.404 bits per heavy atom. The highest BCUT2D eigenvalue weighted by Crippen LogP contribution is 2.45. The van der Waals surface area contributed by atoms with Crippen LogP contribution in [-0.2, 0) is 0 Å². The quantitative estimate of drug-likeness (QED) is 0.183. The normalized spacial score (nSPS) is 14.5. The second kappa shape index (κ2) is 10.2. The van der Waals surface area contributed by atoms with E-state index < -0.39 is 30.2 Å². The molecule has 10 rings (SSSR count). The monoisotopic (exact) mass is 605 g/mol. The van der Waals surface area contributed by atoms with Crippen LogP contribution < -0.4 is 0 Å². The highest BCUT2D eigenvalue weighted by atomic mass is 16.3. The maximum Gasteiger partial charge on any atom is 0.143 e. The summed E-state index contributed by atoms with van der Waals surface area (Å²) in [5.41, 5.74) is 4.62. The predicted octanol–water partition coefficient (Wildman–Crippen LogP) is 13.2. The summed E-state index contributed by atoms with van der Waals surface area (Å²) in [5.74, 6) is 0. The average molecular weight is 606 g/mol. The van der Waals surface area contributed by atoms with Crippen LogP contribution in [0.5, 0.6) is 0 Å². The minimum atomic E-state index is -0.536. The Morgan fingerprint density at radius 2 is 1.04 bits per heavy atom. The second-order valence-corrected chi connectivity index (χ2v) is 11.7. The molecule has 0 spiro atoms. The summed E-state index contributed by atoms with van der Waals surface area (Å²) < 4.78 is 86.3. The van der Waals surface area contributed by atoms with Gasteiger partial charge in [-0.05, 0) is 95.3 Å². The molecular formula is C46H28O. The van der Waals surface area contributed by atoms with Crippen molar-refractivity contribution in [1.29, 1.82) is 0 Å². The predicted molar refractivity (Wildman–Crippen MR) is 200 cm³/mol. The first-order chi connectivity index (χ1) is 27.1. The molecule has 0 radical (unpaired) electrons. The van der Waals surface area contributed by atoms with Crippen LogP contribution in [0.2, 0.25) is 0 Å². The fourth-order valence-corrected chi connectivity index (χ4v) is 7.06. The summed E-state index contributed by atoms with van der Waals surface area (Å²) in [5, 5.41) is 5.37. The van der Waals surface area contributed by atoms with E-state index in [1.54, 1.807) is 0 Å². The largest absolute Gasteiger partial charge is 0.455 e. The highest BCUT2D eigenvalue weighted by Gasteiger charge is 2.19. The van der Waals surface area contributed by atoms with Gasteiger partial charge >= 0.3 is 0 Å². The van der Waals surface area contributed by atoms with Gasteiger partial charge in [0.05, 0.1) is 12.3 Å². The van der Waals surface area contributed by atoms with Crippen LogP contribution in [0.1, 0.15) is 12.3 Å². The molecule has 0 saturated heterocycles. The molecule has 10 aromatic rings. The van der Waals surface area contributed by atoms with E-state index in [4.69, 9.17) is 12.6 Å². The lowest BCUT2D eigenvalue weighted by molar-refractivity contribution is 0.672. The zero-order valence-corrected chi connectivity index (χ0v) is 24.9. The highest BCUT2D eigenvalue weighted by molar-refractivity contribution is 6.23. The van der Waals surface area contributed by atoms with Gasteiger partial charge in [-0.3, -0.25) is 0 Å². The number of hydrogen-bond acceptors (Lipinski definition) is 1. The van der Waals surface area contributed by atoms with Crippen molar-refractivity contribution in [2.24, 2.45) is 0 Å². The summed E-state index contributed by atoms with van der Waals surface area (Å²) in [6.07, 6.45) is 0. The number of benzene rings is 9. The topological polar surface area (TPSA) is 13.1 Å². The van der Waals surface area contributed by atoms with Crippen LogP contribution in [0.15, 0.2) is 174 Å². The van der Waals surface area contributed by atoms with Gasteiger partial charge in [0.2, 0.25) is 0 Å². The molecule has 218 valence electrons. The Balaban J connectivity index is 1.30. The molecule has 0 aliphatic rings. The van der Waals surface area contributed by atoms with E-state index >= 15 is 0 Å². The fraction of sp³-hybridized carbons (Fsp3) is 0. The molecule has 0 atom stereocenters. The van der Waals surface area contributed by atoms with Crippen molar-refractivity contribution in [3.8, 4) is 33.4 Å². The molecule has 0 fully saturated rings. The molecule has 0 bridgehead atoms. The first-order valence-electron chi connectivity index (χ1n) is 20.0. The summed E-state index contributed by atoms with van der Waals surface area (Å²) >= 11 is 0. The number of rotatable bonds is 3. The molecule has 1 heterocycles. The lowest BCUT2D eigenvalue weighted by atomic mass is 9.85. The molecule has 0 amide bonds. The van der Waals surface area contributed by atoms with Gasteiger partial charge in [-0.25, -0.2) is 0 Å². The molecule has 47 heavy (non-hydrogen) atoms. The van der Waals surface area contributed by atoms with Gasteiger partial charge in [0.1, 0.15) is 11.2 Å². The molecule has 0 unspecified atom stereocenters. The Morgan fingerprint density at radius 3 is 1.83 bits per heavy atom. The summed E-state index contributed by atoms with van der Waals surface area (Å²) in [4.78, 5) is 0. The minimum absolute atomic E-state index is 0.00207. The van der Waals surface area contributed by atoms with Crippen molar-refractivity contribution in [3.63, 3.8) is 0 Å². The Labute approximate surface area is 284 Å². The third kappa shape index (κ3) is 3.97. The number of furan rings is 1. The Bertz CT molecular complexity index is 3300. The molecule has 1 nitrogen and oxygen atoms in total. The summed E-state index contributed by atoms with van der Waals surface area (Å²) in [7, 11) is 0. The summed E-state index contributed by atoms with van der Waals surface area (Å²) in [6, 6.07) is 35.2. The fourth-order valence-electron chi connectivity index (χ4n) is 7.06. The third-order valence-electron chi connectivity index (χ3n) is 9.12. The lowest BCUT2D eigenvalue weighted by Gasteiger charge is -2.18. The molecule has 0 N–H and O–H groups in total. The second-order valence-electron chi connectivity index (χ2n) is 11.7. The van der Waals surface area contributed by atoms with E-state index in [9.17, 15) is 4.11 Å². The SMILES string of the molecule is [2H]c1c(-c2c3ccccc3c(-c3cccc(-c4cccc5ccccc45)c3)c3ccccc23)c([2H])c2c(oc3c4c([2H])c([2H])c([2H])c([2H])c4c([2H])c([2H])c32)c1[2H]. The van der Waals surface area contributed by atoms with Crippen molar-refractivity contribution in [2.75, 3.05) is 0 Å². The van der Waals surface area contributed by atoms with Gasteiger partial charge in [0, 0.05) is 16.2 Å². The molecule has 0 aliphatic heterocycles. The average Bonchev–Trinajstić information content (AvgIpc) is 3.63. The maximum atomic E-state index is 9.76. The van der Waals surface area contributed by atoms with Crippen molar-refractivity contribution >= 4 is 65.0 Å². The zero-order chi connectivity index (χ0) is 38.7. The molecule has 1 heteroatoms. The van der Waals surface area contributed by atoms with Crippen LogP contribution in [-0.4, -0.2) is 0 Å². The van der Waals surface area contributed by atoms with E-state index in [0.717, 1.165) is 54.6 Å². The van der Waals surface area contributed by atoms with Crippen molar-refractivity contribution in [1.82, 2.24) is 0 Å². The molecule has 9 aromatic carbocycles. The van der Waals surface area contributed by atoms with Gasteiger partial charge < -0.3 is 4.42 Å². The van der Waals surface area contributed by atoms with Crippen LogP contribution >= 0.6 is 0 Å². The van der Waals surface area contributed by atoms with E-state index in [2.05, 4.69) is 54.6 Å². The van der Waals surface area contributed by atoms with E-state index in [1.165, 1.54) is 0 Å². The van der Waals surface area contributed by atoms with Gasteiger partial charge in [-0.2, -0.15) is 0 Å². The van der Waals surface area contributed by atoms with Crippen molar-refractivity contribution in [3.05, 3.63) is 170 Å². The molecular weight excluding hydrogens is 569 g/mol. The van der Waals surface area contributed by atoms with Gasteiger partial charge in [-0.1, -0.05) is 145 Å². The Kier molecular flexibility index (Phi) is 4.05. The molecule has 1 aromatic heterocycles. The van der Waals surface area contributed by atoms with Gasteiger partial charge in [-0.15, -0.1) is 0 Å². The third-order valence-corrected chi connectivity index (χ3v) is 9.12. The van der Waals surface area contributed by atoms with Gasteiger partial charge in [0.25, 0.3) is 0 Å². The van der Waals surface area contributed by atoms with Crippen molar-refractivity contribution < 1.29 is 16.8 Å². The number of hydrogen-bond donors (Lipinski definition) is 0. The Hall–Kier alpha value is -6.18. The molecule has 0 aliphatic carbocycles. The van der Waals surface area contributed by atoms with E-state index in [0.29, 0.717) is 5.56 Å². The first-order valence-corrected chi connectivity index (χ1v) is 15.5.